The fourth-order valence-corrected chi connectivity index (χ4v) is 6.64. The van der Waals surface area contributed by atoms with Crippen LogP contribution in [-0.4, -0.2) is 22.0 Å². The monoisotopic (exact) mass is 586 g/mol. The summed E-state index contributed by atoms with van der Waals surface area (Å²) in [5.41, 5.74) is -1.01. The summed E-state index contributed by atoms with van der Waals surface area (Å²) in [5.74, 6) is -2.16. The van der Waals surface area contributed by atoms with Gasteiger partial charge in [0.2, 0.25) is 10.9 Å². The quantitative estimate of drug-likeness (QED) is 0.256. The van der Waals surface area contributed by atoms with Gasteiger partial charge < -0.3 is 9.32 Å². The Balaban J connectivity index is 1.54. The third kappa shape index (κ3) is 3.53. The third-order valence-corrected chi connectivity index (χ3v) is 8.92. The highest BCUT2D eigenvalue weighted by Gasteiger charge is 2.66. The second-order valence-corrected chi connectivity index (χ2v) is 11.7. The smallest absolute Gasteiger partial charge is 0.297 e. The number of para-hydroxylation sites is 1. The van der Waals surface area contributed by atoms with E-state index in [4.69, 9.17) is 16.0 Å². The first-order chi connectivity index (χ1) is 19.7. The van der Waals surface area contributed by atoms with Crippen LogP contribution in [0.2, 0.25) is 5.02 Å². The summed E-state index contributed by atoms with van der Waals surface area (Å²) < 4.78 is 20.3. The van der Waals surface area contributed by atoms with E-state index in [2.05, 4.69) is 10.2 Å². The van der Waals surface area contributed by atoms with Crippen LogP contribution in [0.1, 0.15) is 52.0 Å². The lowest BCUT2D eigenvalue weighted by Gasteiger charge is -2.32. The minimum atomic E-state index is -1.94. The first-order valence-electron chi connectivity index (χ1n) is 12.8. The van der Waals surface area contributed by atoms with Gasteiger partial charge in [-0.05, 0) is 42.0 Å². The van der Waals surface area contributed by atoms with Crippen molar-refractivity contribution in [2.75, 3.05) is 9.80 Å². The highest BCUT2D eigenvalue weighted by atomic mass is 35.5. The number of carbonyl (C=O) groups excluding carboxylic acids is 2. The summed E-state index contributed by atoms with van der Waals surface area (Å²) in [4.78, 5) is 46.1. The zero-order valence-electron chi connectivity index (χ0n) is 21.7. The Morgan fingerprint density at radius 2 is 1.78 bits per heavy atom. The molecule has 11 heteroatoms. The molecule has 0 radical (unpaired) electrons. The van der Waals surface area contributed by atoms with Gasteiger partial charge in [-0.3, -0.25) is 19.3 Å². The van der Waals surface area contributed by atoms with Crippen LogP contribution in [0.3, 0.4) is 0 Å². The summed E-state index contributed by atoms with van der Waals surface area (Å²) in [6.07, 6.45) is 0. The number of hydrogen-bond acceptors (Lipinski definition) is 7. The number of amides is 2. The largest absolute Gasteiger partial charge is 0.450 e. The molecule has 2 amide bonds. The summed E-state index contributed by atoms with van der Waals surface area (Å²) in [6, 6.07) is 17.6. The number of aromatic nitrogens is 2. The van der Waals surface area contributed by atoms with Crippen molar-refractivity contribution in [1.82, 2.24) is 10.2 Å². The van der Waals surface area contributed by atoms with E-state index in [9.17, 15) is 18.8 Å². The topological polar surface area (TPSA) is 96.6 Å². The minimum absolute atomic E-state index is 0.00979. The van der Waals surface area contributed by atoms with Crippen molar-refractivity contribution in [3.63, 3.8) is 0 Å². The number of benzene rings is 3. The van der Waals surface area contributed by atoms with Crippen molar-refractivity contribution in [3.05, 3.63) is 115 Å². The third-order valence-electron chi connectivity index (χ3n) is 7.46. The predicted molar refractivity (Wildman–Crippen MR) is 153 cm³/mol. The normalized spacial score (nSPS) is 17.8. The van der Waals surface area contributed by atoms with Gasteiger partial charge in [-0.25, -0.2) is 4.39 Å². The molecule has 0 aliphatic carbocycles. The van der Waals surface area contributed by atoms with Gasteiger partial charge in [0.05, 0.1) is 23.2 Å². The zero-order chi connectivity index (χ0) is 28.6. The molecule has 1 atom stereocenters. The summed E-state index contributed by atoms with van der Waals surface area (Å²) in [6.45, 7) is 4.03. The SMILES string of the molecule is CC(C)c1nnc(N2C(=O)c3oc4ccc(F)cc4c(=O)c3C23C(=O)N(Cc2ccc(Cl)cc2)c2ccccc23)s1. The van der Waals surface area contributed by atoms with Crippen molar-refractivity contribution in [2.24, 2.45) is 0 Å². The maximum absolute atomic E-state index is 14.9. The lowest BCUT2D eigenvalue weighted by Crippen LogP contribution is -2.53. The molecule has 3 aromatic carbocycles. The average Bonchev–Trinajstić information content (AvgIpc) is 3.61. The average molecular weight is 587 g/mol. The first kappa shape index (κ1) is 25.6. The first-order valence-corrected chi connectivity index (χ1v) is 14.0. The molecule has 8 nitrogen and oxygen atoms in total. The second-order valence-electron chi connectivity index (χ2n) is 10.2. The van der Waals surface area contributed by atoms with E-state index in [0.29, 0.717) is 21.3 Å². The summed E-state index contributed by atoms with van der Waals surface area (Å²) >= 11 is 7.25. The van der Waals surface area contributed by atoms with Gasteiger partial charge in [0.1, 0.15) is 16.4 Å². The molecular formula is C30H20ClFN4O4S. The number of hydrogen-bond donors (Lipinski definition) is 0. The molecule has 5 aromatic rings. The van der Waals surface area contributed by atoms with E-state index in [1.807, 2.05) is 13.8 Å². The molecule has 0 saturated heterocycles. The van der Waals surface area contributed by atoms with Gasteiger partial charge in [0, 0.05) is 16.5 Å². The maximum atomic E-state index is 14.9. The van der Waals surface area contributed by atoms with Crippen LogP contribution >= 0.6 is 22.9 Å². The lowest BCUT2D eigenvalue weighted by molar-refractivity contribution is -0.121. The molecule has 4 heterocycles. The zero-order valence-corrected chi connectivity index (χ0v) is 23.3. The van der Waals surface area contributed by atoms with Gasteiger partial charge in [0.25, 0.3) is 11.8 Å². The molecule has 2 aliphatic heterocycles. The molecule has 1 spiro atoms. The second kappa shape index (κ2) is 9.05. The minimum Gasteiger partial charge on any atom is -0.450 e. The molecule has 0 fully saturated rings. The predicted octanol–water partition coefficient (Wildman–Crippen LogP) is 6.01. The van der Waals surface area contributed by atoms with Crippen LogP contribution in [0.15, 0.2) is 75.9 Å². The van der Waals surface area contributed by atoms with E-state index in [1.54, 1.807) is 48.5 Å². The molecule has 1 unspecified atom stereocenters. The number of fused-ring (bicyclic) bond motifs is 5. The number of rotatable bonds is 4. The number of nitrogens with zero attached hydrogens (tertiary/aromatic N) is 4. The van der Waals surface area contributed by atoms with Crippen molar-refractivity contribution in [3.8, 4) is 0 Å². The molecule has 41 heavy (non-hydrogen) atoms. The highest BCUT2D eigenvalue weighted by Crippen LogP contribution is 2.54. The molecule has 2 aromatic heterocycles. The Kier molecular flexibility index (Phi) is 5.64. The van der Waals surface area contributed by atoms with Gasteiger partial charge in [-0.15, -0.1) is 10.2 Å². The maximum Gasteiger partial charge on any atom is 0.297 e. The van der Waals surface area contributed by atoms with Gasteiger partial charge in [-0.1, -0.05) is 67.1 Å². The fourth-order valence-electron chi connectivity index (χ4n) is 5.61. The Bertz CT molecular complexity index is 1970. The number of carbonyl (C=O) groups is 2. The van der Waals surface area contributed by atoms with E-state index >= 15 is 0 Å². The molecule has 2 aliphatic rings. The molecule has 204 valence electrons. The highest BCUT2D eigenvalue weighted by molar-refractivity contribution is 7.15. The van der Waals surface area contributed by atoms with Crippen LogP contribution in [-0.2, 0) is 16.9 Å². The fraction of sp³-hybridized carbons (Fsp3) is 0.167. The van der Waals surface area contributed by atoms with Crippen LogP contribution < -0.4 is 15.2 Å². The van der Waals surface area contributed by atoms with Crippen molar-refractivity contribution >= 4 is 56.5 Å². The molecular weight excluding hydrogens is 567 g/mol. The molecule has 0 N–H and O–H groups in total. The molecule has 0 bridgehead atoms. The van der Waals surface area contributed by atoms with Crippen LogP contribution in [0.5, 0.6) is 0 Å². The number of anilines is 2. The Morgan fingerprint density at radius 1 is 1.02 bits per heavy atom. The van der Waals surface area contributed by atoms with Crippen LogP contribution in [0, 0.1) is 5.82 Å². The van der Waals surface area contributed by atoms with Crippen molar-refractivity contribution < 1.29 is 18.4 Å². The van der Waals surface area contributed by atoms with E-state index < -0.39 is 28.6 Å². The van der Waals surface area contributed by atoms with Crippen LogP contribution in [0.25, 0.3) is 11.0 Å². The van der Waals surface area contributed by atoms with Crippen LogP contribution in [0.4, 0.5) is 15.2 Å². The summed E-state index contributed by atoms with van der Waals surface area (Å²) in [5, 5.41) is 9.84. The van der Waals surface area contributed by atoms with E-state index in [1.165, 1.54) is 15.9 Å². The standard InChI is InChI=1S/C30H20ClFN4O4S/c1-15(2)26-33-34-29(41-26)36-27(38)25-23(24(37)19-13-18(32)11-12-22(19)40-25)30(36)20-5-3-4-6-21(20)35(28(30)39)14-16-7-9-17(31)10-8-16/h3-13,15H,14H2,1-2H3. The van der Waals surface area contributed by atoms with Crippen molar-refractivity contribution in [1.29, 1.82) is 0 Å². The molecule has 0 saturated carbocycles. The van der Waals surface area contributed by atoms with Crippen molar-refractivity contribution in [2.45, 2.75) is 31.8 Å². The Labute approximate surface area is 241 Å². The number of halogens is 2. The van der Waals surface area contributed by atoms with E-state index in [0.717, 1.165) is 29.0 Å². The lowest BCUT2D eigenvalue weighted by atomic mass is 9.84. The Hall–Kier alpha value is -4.41. The Morgan fingerprint density at radius 3 is 2.51 bits per heavy atom. The summed E-state index contributed by atoms with van der Waals surface area (Å²) in [7, 11) is 0. The van der Waals surface area contributed by atoms with Gasteiger partial charge in [-0.2, -0.15) is 0 Å². The van der Waals surface area contributed by atoms with Gasteiger partial charge in [0.15, 0.2) is 11.0 Å². The van der Waals surface area contributed by atoms with Gasteiger partial charge >= 0.3 is 0 Å². The molecule has 7 rings (SSSR count). The van der Waals surface area contributed by atoms with E-state index in [-0.39, 0.29) is 39.9 Å².